The minimum absolute atomic E-state index is 0.133. The standard InChI is InChI=1S/C18H24N4O10/c1-8(23)20-14-16(31-11(4)26)15(30-10(3)25)13(7-29-9(2)24)32-17(14)22-12(6-19-21-22)18(27)28-5/h6,13-17H,7H2,1-5H3,(H,20,23)/t13-,14-,15-,16-,17-/m1/s1. The van der Waals surface area contributed by atoms with Crippen LogP contribution in [0.5, 0.6) is 0 Å². The Labute approximate surface area is 182 Å². The van der Waals surface area contributed by atoms with Crippen LogP contribution >= 0.6 is 0 Å². The summed E-state index contributed by atoms with van der Waals surface area (Å²) in [5, 5.41) is 10.1. The van der Waals surface area contributed by atoms with Gasteiger partial charge in [-0.15, -0.1) is 5.10 Å². The van der Waals surface area contributed by atoms with Crippen molar-refractivity contribution < 1.29 is 47.7 Å². The number of esters is 4. The summed E-state index contributed by atoms with van der Waals surface area (Å²) in [5.74, 6) is -3.47. The normalized spacial score (nSPS) is 24.7. The van der Waals surface area contributed by atoms with E-state index in [1.54, 1.807) is 0 Å². The molecule has 0 bridgehead atoms. The number of aromatic nitrogens is 3. The Kier molecular flexibility index (Phi) is 8.23. The van der Waals surface area contributed by atoms with Crippen LogP contribution in [0.15, 0.2) is 6.20 Å². The van der Waals surface area contributed by atoms with Crippen molar-refractivity contribution in [1.29, 1.82) is 0 Å². The fourth-order valence-electron chi connectivity index (χ4n) is 3.20. The summed E-state index contributed by atoms with van der Waals surface area (Å²) in [4.78, 5) is 59.0. The van der Waals surface area contributed by atoms with Crippen LogP contribution in [-0.2, 0) is 42.9 Å². The molecule has 2 rings (SSSR count). The van der Waals surface area contributed by atoms with Crippen LogP contribution in [0.4, 0.5) is 0 Å². The number of methoxy groups -OCH3 is 1. The molecule has 1 aliphatic heterocycles. The minimum Gasteiger partial charge on any atom is -0.464 e. The van der Waals surface area contributed by atoms with E-state index in [2.05, 4.69) is 15.6 Å². The topological polar surface area (TPSA) is 174 Å². The molecule has 1 aromatic heterocycles. The van der Waals surface area contributed by atoms with Crippen LogP contribution in [0.3, 0.4) is 0 Å². The van der Waals surface area contributed by atoms with Gasteiger partial charge in [0.1, 0.15) is 18.8 Å². The number of hydrogen-bond acceptors (Lipinski definition) is 12. The number of ether oxygens (including phenoxy) is 5. The van der Waals surface area contributed by atoms with Crippen molar-refractivity contribution >= 4 is 29.8 Å². The van der Waals surface area contributed by atoms with Crippen LogP contribution in [0.2, 0.25) is 0 Å². The third-order valence-electron chi connectivity index (χ3n) is 4.30. The molecule has 0 unspecified atom stereocenters. The molecule has 1 amide bonds. The lowest BCUT2D eigenvalue weighted by Crippen LogP contribution is -2.64. The Balaban J connectivity index is 2.59. The lowest BCUT2D eigenvalue weighted by molar-refractivity contribution is -0.239. The molecule has 5 atom stereocenters. The number of rotatable bonds is 7. The van der Waals surface area contributed by atoms with Crippen LogP contribution in [0, 0.1) is 0 Å². The third kappa shape index (κ3) is 6.00. The largest absolute Gasteiger partial charge is 0.464 e. The molecule has 0 radical (unpaired) electrons. The number of carbonyl (C=O) groups excluding carboxylic acids is 5. The predicted octanol–water partition coefficient (Wildman–Crippen LogP) is -1.11. The molecule has 2 heterocycles. The van der Waals surface area contributed by atoms with Gasteiger partial charge in [-0.3, -0.25) is 19.2 Å². The predicted molar refractivity (Wildman–Crippen MR) is 101 cm³/mol. The average Bonchev–Trinajstić information content (AvgIpc) is 3.17. The molecule has 0 saturated carbocycles. The summed E-state index contributed by atoms with van der Waals surface area (Å²) in [6.45, 7) is 4.22. The van der Waals surface area contributed by atoms with Crippen molar-refractivity contribution in [3.8, 4) is 0 Å². The summed E-state index contributed by atoms with van der Waals surface area (Å²) in [7, 11) is 1.15. The summed E-state index contributed by atoms with van der Waals surface area (Å²) in [5.41, 5.74) is -0.133. The molecule has 176 valence electrons. The highest BCUT2D eigenvalue weighted by atomic mass is 16.6. The van der Waals surface area contributed by atoms with Crippen LogP contribution in [-0.4, -0.2) is 82.8 Å². The van der Waals surface area contributed by atoms with E-state index in [0.717, 1.165) is 38.8 Å². The second kappa shape index (κ2) is 10.7. The maximum absolute atomic E-state index is 12.1. The van der Waals surface area contributed by atoms with Crippen LogP contribution < -0.4 is 5.32 Å². The Bertz CT molecular complexity index is 885. The molecular weight excluding hydrogens is 432 g/mol. The van der Waals surface area contributed by atoms with Gasteiger partial charge >= 0.3 is 23.9 Å². The number of nitrogens with zero attached hydrogens (tertiary/aromatic N) is 3. The zero-order valence-corrected chi connectivity index (χ0v) is 18.1. The molecule has 1 N–H and O–H groups in total. The number of nitrogens with one attached hydrogen (secondary N) is 1. The number of hydrogen-bond donors (Lipinski definition) is 1. The molecule has 14 nitrogen and oxygen atoms in total. The van der Waals surface area contributed by atoms with Crippen molar-refractivity contribution in [3.63, 3.8) is 0 Å². The Hall–Kier alpha value is -3.55. The first-order chi connectivity index (χ1) is 15.0. The SMILES string of the molecule is COC(=O)c1cnnn1[C@@H]1O[C@H](COC(C)=O)[C@@H](OC(C)=O)[C@H](OC(C)=O)[C@H]1NC(C)=O. The quantitative estimate of drug-likeness (QED) is 0.388. The van der Waals surface area contributed by atoms with Gasteiger partial charge < -0.3 is 29.0 Å². The monoisotopic (exact) mass is 456 g/mol. The second-order valence-electron chi connectivity index (χ2n) is 6.80. The number of carbonyl (C=O) groups is 5. The maximum Gasteiger partial charge on any atom is 0.358 e. The van der Waals surface area contributed by atoms with Crippen molar-refractivity contribution in [2.75, 3.05) is 13.7 Å². The number of amides is 1. The lowest BCUT2D eigenvalue weighted by Gasteiger charge is -2.45. The third-order valence-corrected chi connectivity index (χ3v) is 4.30. The van der Waals surface area contributed by atoms with Crippen LogP contribution in [0.25, 0.3) is 0 Å². The van der Waals surface area contributed by atoms with E-state index < -0.39 is 67.0 Å². The Morgan fingerprint density at radius 2 is 1.66 bits per heavy atom. The fraction of sp³-hybridized carbons (Fsp3) is 0.611. The zero-order chi connectivity index (χ0) is 24.0. The molecule has 14 heteroatoms. The summed E-state index contributed by atoms with van der Waals surface area (Å²) < 4.78 is 27.4. The molecule has 1 fully saturated rings. The molecule has 0 aliphatic carbocycles. The van der Waals surface area contributed by atoms with Gasteiger partial charge in [-0.1, -0.05) is 5.21 Å². The summed E-state index contributed by atoms with van der Waals surface area (Å²) >= 11 is 0. The highest BCUT2D eigenvalue weighted by Gasteiger charge is 2.52. The first-order valence-electron chi connectivity index (χ1n) is 9.44. The van der Waals surface area contributed by atoms with E-state index in [9.17, 15) is 24.0 Å². The van der Waals surface area contributed by atoms with E-state index >= 15 is 0 Å². The van der Waals surface area contributed by atoms with Crippen molar-refractivity contribution in [3.05, 3.63) is 11.9 Å². The van der Waals surface area contributed by atoms with Crippen LogP contribution in [0.1, 0.15) is 44.4 Å². The van der Waals surface area contributed by atoms with Gasteiger partial charge in [-0.2, -0.15) is 0 Å². The molecule has 0 spiro atoms. The first kappa shape index (κ1) is 24.7. The highest BCUT2D eigenvalue weighted by molar-refractivity contribution is 5.87. The van der Waals surface area contributed by atoms with E-state index in [4.69, 9.17) is 23.7 Å². The van der Waals surface area contributed by atoms with Gasteiger partial charge in [0.2, 0.25) is 5.91 Å². The van der Waals surface area contributed by atoms with Crippen molar-refractivity contribution in [1.82, 2.24) is 20.3 Å². The summed E-state index contributed by atoms with van der Waals surface area (Å²) in [6.07, 6.45) is -3.90. The molecule has 1 saturated heterocycles. The summed E-state index contributed by atoms with van der Waals surface area (Å²) in [6, 6.07) is -1.18. The molecule has 1 aromatic rings. The maximum atomic E-state index is 12.1. The van der Waals surface area contributed by atoms with Crippen molar-refractivity contribution in [2.45, 2.75) is 58.3 Å². The average molecular weight is 456 g/mol. The van der Waals surface area contributed by atoms with E-state index in [0.29, 0.717) is 0 Å². The van der Waals surface area contributed by atoms with Gasteiger partial charge in [-0.25, -0.2) is 9.48 Å². The second-order valence-corrected chi connectivity index (χ2v) is 6.80. The zero-order valence-electron chi connectivity index (χ0n) is 18.1. The van der Waals surface area contributed by atoms with E-state index in [-0.39, 0.29) is 5.69 Å². The molecule has 1 aliphatic rings. The Morgan fingerprint density at radius 3 is 2.19 bits per heavy atom. The fourth-order valence-corrected chi connectivity index (χ4v) is 3.20. The Morgan fingerprint density at radius 1 is 1.03 bits per heavy atom. The highest BCUT2D eigenvalue weighted by Crippen LogP contribution is 2.33. The molecule has 0 aromatic carbocycles. The molecule has 32 heavy (non-hydrogen) atoms. The van der Waals surface area contributed by atoms with Gasteiger partial charge in [0.15, 0.2) is 24.1 Å². The smallest absolute Gasteiger partial charge is 0.358 e. The van der Waals surface area contributed by atoms with E-state index in [1.165, 1.54) is 6.92 Å². The minimum atomic E-state index is -1.30. The van der Waals surface area contributed by atoms with Gasteiger partial charge in [0, 0.05) is 27.7 Å². The van der Waals surface area contributed by atoms with Gasteiger partial charge in [0.05, 0.1) is 13.3 Å². The molecular formula is C18H24N4O10. The van der Waals surface area contributed by atoms with Gasteiger partial charge in [0.25, 0.3) is 0 Å². The van der Waals surface area contributed by atoms with Gasteiger partial charge in [-0.05, 0) is 0 Å². The van der Waals surface area contributed by atoms with Crippen molar-refractivity contribution in [2.24, 2.45) is 0 Å². The van der Waals surface area contributed by atoms with E-state index in [1.807, 2.05) is 0 Å². The lowest BCUT2D eigenvalue weighted by atomic mass is 9.95. The first-order valence-corrected chi connectivity index (χ1v) is 9.44.